The van der Waals surface area contributed by atoms with Gasteiger partial charge >= 0.3 is 6.03 Å². The van der Waals surface area contributed by atoms with Gasteiger partial charge in [0.05, 0.1) is 0 Å². The van der Waals surface area contributed by atoms with Gasteiger partial charge in [-0.3, -0.25) is 4.79 Å². The van der Waals surface area contributed by atoms with Crippen molar-refractivity contribution in [3.05, 3.63) is 89.8 Å². The summed E-state index contributed by atoms with van der Waals surface area (Å²) in [5.41, 5.74) is 1.68. The maximum Gasteiger partial charge on any atom is 0.323 e. The molecule has 0 saturated heterocycles. The Morgan fingerprint density at radius 3 is 2.45 bits per heavy atom. The lowest BCUT2D eigenvalue weighted by Gasteiger charge is -2.09. The van der Waals surface area contributed by atoms with Gasteiger partial charge in [0.1, 0.15) is 17.2 Å². The summed E-state index contributed by atoms with van der Waals surface area (Å²) in [6, 6.07) is 12.8. The van der Waals surface area contributed by atoms with Crippen LogP contribution in [0.25, 0.3) is 11.1 Å². The third-order valence-electron chi connectivity index (χ3n) is 4.09. The molecular formula is C21H13F2N3O3. The largest absolute Gasteiger partial charge is 0.443 e. The van der Waals surface area contributed by atoms with E-state index in [9.17, 15) is 18.4 Å². The molecule has 0 bridgehead atoms. The molecule has 2 N–H and O–H groups in total. The molecule has 1 aromatic heterocycles. The number of amides is 2. The number of nitrogens with one attached hydrogen (secondary N) is 2. The number of fused-ring (bicyclic) bond motifs is 1. The average molecular weight is 393 g/mol. The molecule has 0 saturated carbocycles. The normalized spacial score (nSPS) is 10.7. The van der Waals surface area contributed by atoms with Gasteiger partial charge in [-0.15, -0.1) is 0 Å². The number of aromatic nitrogens is 1. The molecule has 4 rings (SSSR count). The highest BCUT2D eigenvalue weighted by molar-refractivity contribution is 6.11. The molecular weight excluding hydrogens is 380 g/mol. The van der Waals surface area contributed by atoms with Gasteiger partial charge in [0.15, 0.2) is 17.8 Å². The molecule has 0 radical (unpaired) electrons. The molecule has 144 valence electrons. The van der Waals surface area contributed by atoms with Crippen molar-refractivity contribution in [3.8, 4) is 0 Å². The fourth-order valence-electron chi connectivity index (χ4n) is 2.82. The minimum atomic E-state index is -0.705. The standard InChI is InChI=1S/C21H13F2N3O3/c22-14-2-1-3-16(9-14)25-21(28)26-17-7-13(6-15(23)10-17)20(27)12-4-5-19-18(8-12)24-11-29-19/h1-11H,(H2,25,26,28). The van der Waals surface area contributed by atoms with Gasteiger partial charge in [0.2, 0.25) is 0 Å². The Morgan fingerprint density at radius 2 is 1.62 bits per heavy atom. The van der Waals surface area contributed by atoms with Gasteiger partial charge in [-0.2, -0.15) is 0 Å². The predicted octanol–water partition coefficient (Wildman–Crippen LogP) is 4.98. The molecule has 6 nitrogen and oxygen atoms in total. The van der Waals surface area contributed by atoms with Crippen molar-refractivity contribution in [2.45, 2.75) is 0 Å². The first-order chi connectivity index (χ1) is 14.0. The Morgan fingerprint density at radius 1 is 0.828 bits per heavy atom. The van der Waals surface area contributed by atoms with Crippen molar-refractivity contribution >= 4 is 34.3 Å². The highest BCUT2D eigenvalue weighted by atomic mass is 19.1. The molecule has 29 heavy (non-hydrogen) atoms. The van der Waals surface area contributed by atoms with E-state index in [1.165, 1.54) is 36.7 Å². The van der Waals surface area contributed by atoms with Crippen LogP contribution < -0.4 is 10.6 Å². The van der Waals surface area contributed by atoms with Crippen LogP contribution in [-0.4, -0.2) is 16.8 Å². The van der Waals surface area contributed by atoms with Crippen LogP contribution in [-0.2, 0) is 0 Å². The van der Waals surface area contributed by atoms with Crippen molar-refractivity contribution in [3.63, 3.8) is 0 Å². The number of benzene rings is 3. The van der Waals surface area contributed by atoms with Gasteiger partial charge in [0.25, 0.3) is 0 Å². The van der Waals surface area contributed by atoms with E-state index in [1.54, 1.807) is 12.1 Å². The number of hydrogen-bond acceptors (Lipinski definition) is 4. The molecule has 0 spiro atoms. The summed E-state index contributed by atoms with van der Waals surface area (Å²) < 4.78 is 32.4. The predicted molar refractivity (Wildman–Crippen MR) is 103 cm³/mol. The van der Waals surface area contributed by atoms with Crippen LogP contribution in [0.2, 0.25) is 0 Å². The van der Waals surface area contributed by atoms with Gasteiger partial charge in [-0.05, 0) is 54.6 Å². The van der Waals surface area contributed by atoms with E-state index in [2.05, 4.69) is 15.6 Å². The molecule has 4 aromatic rings. The quantitative estimate of drug-likeness (QED) is 0.479. The summed E-state index contributed by atoms with van der Waals surface area (Å²) in [4.78, 5) is 28.8. The number of carbonyl (C=O) groups is 2. The summed E-state index contributed by atoms with van der Waals surface area (Å²) in [6.07, 6.45) is 1.26. The van der Waals surface area contributed by atoms with E-state index in [0.29, 0.717) is 16.7 Å². The summed E-state index contributed by atoms with van der Waals surface area (Å²) in [6.45, 7) is 0. The van der Waals surface area contributed by atoms with Crippen molar-refractivity contribution in [2.24, 2.45) is 0 Å². The van der Waals surface area contributed by atoms with Crippen LogP contribution in [0.15, 0.2) is 71.5 Å². The number of nitrogens with zero attached hydrogens (tertiary/aromatic N) is 1. The number of rotatable bonds is 4. The molecule has 3 aromatic carbocycles. The highest BCUT2D eigenvalue weighted by Crippen LogP contribution is 2.21. The lowest BCUT2D eigenvalue weighted by molar-refractivity contribution is 0.103. The second kappa shape index (κ2) is 7.51. The summed E-state index contributed by atoms with van der Waals surface area (Å²) in [7, 11) is 0. The Balaban J connectivity index is 1.55. The third-order valence-corrected chi connectivity index (χ3v) is 4.09. The Bertz CT molecular complexity index is 1240. The summed E-state index contributed by atoms with van der Waals surface area (Å²) >= 11 is 0. The monoisotopic (exact) mass is 393 g/mol. The number of urea groups is 1. The van der Waals surface area contributed by atoms with Crippen molar-refractivity contribution in [2.75, 3.05) is 10.6 Å². The average Bonchev–Trinajstić information content (AvgIpc) is 3.14. The lowest BCUT2D eigenvalue weighted by Crippen LogP contribution is -2.20. The zero-order valence-electron chi connectivity index (χ0n) is 14.8. The van der Waals surface area contributed by atoms with E-state index in [0.717, 1.165) is 18.2 Å². The Hall–Kier alpha value is -4.07. The van der Waals surface area contributed by atoms with Crippen LogP contribution >= 0.6 is 0 Å². The SMILES string of the molecule is O=C(Nc1cccc(F)c1)Nc1cc(F)cc(C(=O)c2ccc3ocnc3c2)c1. The third kappa shape index (κ3) is 4.11. The highest BCUT2D eigenvalue weighted by Gasteiger charge is 2.14. The van der Waals surface area contributed by atoms with Crippen LogP contribution in [0.3, 0.4) is 0 Å². The summed E-state index contributed by atoms with van der Waals surface area (Å²) in [5, 5.41) is 4.86. The molecule has 8 heteroatoms. The van der Waals surface area contributed by atoms with Gasteiger partial charge in [-0.1, -0.05) is 6.07 Å². The molecule has 0 aliphatic carbocycles. The Kier molecular flexibility index (Phi) is 4.74. The number of carbonyl (C=O) groups excluding carboxylic acids is 2. The van der Waals surface area contributed by atoms with Crippen LogP contribution in [0, 0.1) is 11.6 Å². The smallest absolute Gasteiger partial charge is 0.323 e. The molecule has 0 aliphatic rings. The molecule has 0 fully saturated rings. The molecule has 0 atom stereocenters. The second-order valence-electron chi connectivity index (χ2n) is 6.18. The molecule has 2 amide bonds. The zero-order chi connectivity index (χ0) is 20.4. The first-order valence-electron chi connectivity index (χ1n) is 8.50. The van der Waals surface area contributed by atoms with E-state index < -0.39 is 23.4 Å². The van der Waals surface area contributed by atoms with Crippen LogP contribution in [0.4, 0.5) is 25.0 Å². The molecule has 0 unspecified atom stereocenters. The summed E-state index contributed by atoms with van der Waals surface area (Å²) in [5.74, 6) is -1.65. The first-order valence-corrected chi connectivity index (χ1v) is 8.50. The van der Waals surface area contributed by atoms with Crippen molar-refractivity contribution in [1.82, 2.24) is 4.98 Å². The minimum absolute atomic E-state index is 0.0499. The maximum absolute atomic E-state index is 14.0. The minimum Gasteiger partial charge on any atom is -0.443 e. The van der Waals surface area contributed by atoms with Crippen molar-refractivity contribution < 1.29 is 22.8 Å². The molecule has 1 heterocycles. The number of hydrogen-bond donors (Lipinski definition) is 2. The van der Waals surface area contributed by atoms with E-state index in [4.69, 9.17) is 4.42 Å². The first kappa shape index (κ1) is 18.3. The molecule has 0 aliphatic heterocycles. The number of oxazole rings is 1. The second-order valence-corrected chi connectivity index (χ2v) is 6.18. The maximum atomic E-state index is 14.0. The van der Waals surface area contributed by atoms with Gasteiger partial charge in [0, 0.05) is 22.5 Å². The van der Waals surface area contributed by atoms with Crippen LogP contribution in [0.1, 0.15) is 15.9 Å². The van der Waals surface area contributed by atoms with Gasteiger partial charge < -0.3 is 15.1 Å². The zero-order valence-corrected chi connectivity index (χ0v) is 14.8. The lowest BCUT2D eigenvalue weighted by atomic mass is 10.0. The van der Waals surface area contributed by atoms with Crippen molar-refractivity contribution in [1.29, 1.82) is 0 Å². The van der Waals surface area contributed by atoms with E-state index >= 15 is 0 Å². The van der Waals surface area contributed by atoms with Crippen LogP contribution in [0.5, 0.6) is 0 Å². The van der Waals surface area contributed by atoms with E-state index in [1.807, 2.05) is 0 Å². The fourth-order valence-corrected chi connectivity index (χ4v) is 2.82. The fraction of sp³-hybridized carbons (Fsp3) is 0. The number of anilines is 2. The number of halogens is 2. The number of ketones is 1. The topological polar surface area (TPSA) is 84.2 Å². The van der Waals surface area contributed by atoms with Gasteiger partial charge in [-0.25, -0.2) is 18.6 Å². The van der Waals surface area contributed by atoms with E-state index in [-0.39, 0.29) is 16.9 Å². The Labute approximate surface area is 163 Å².